The van der Waals surface area contributed by atoms with Crippen LogP contribution in [0.5, 0.6) is 0 Å². The molecule has 1 aliphatic rings. The number of carbonyl (C=O) groups excluding carboxylic acids is 1. The number of nitrogens with one attached hydrogen (secondary N) is 1. The zero-order chi connectivity index (χ0) is 14.1. The number of rotatable bonds is 3. The molecule has 0 bridgehead atoms. The molecule has 1 amide bonds. The van der Waals surface area contributed by atoms with Crippen LogP contribution >= 0.6 is 0 Å². The Balaban J connectivity index is 2.67. The predicted molar refractivity (Wildman–Crippen MR) is 81.0 cm³/mol. The van der Waals surface area contributed by atoms with Gasteiger partial charge in [-0.3, -0.25) is 4.79 Å². The van der Waals surface area contributed by atoms with Crippen molar-refractivity contribution in [2.75, 3.05) is 0 Å². The summed E-state index contributed by atoms with van der Waals surface area (Å²) in [7, 11) is 0. The van der Waals surface area contributed by atoms with Gasteiger partial charge in [-0.2, -0.15) is 0 Å². The molecule has 1 rings (SSSR count). The highest BCUT2D eigenvalue weighted by molar-refractivity contribution is 5.84. The molecule has 0 aromatic carbocycles. The number of nitrogens with two attached hydrogens (primary N) is 1. The fourth-order valence-electron chi connectivity index (χ4n) is 3.23. The lowest BCUT2D eigenvalue weighted by atomic mass is 9.84. The van der Waals surface area contributed by atoms with Crippen molar-refractivity contribution in [3.63, 3.8) is 0 Å². The molecule has 0 heterocycles. The Bertz CT molecular complexity index is 251. The summed E-state index contributed by atoms with van der Waals surface area (Å²) in [5.41, 5.74) is 5.26. The van der Waals surface area contributed by atoms with Crippen LogP contribution in [-0.2, 0) is 4.79 Å². The van der Waals surface area contributed by atoms with Crippen molar-refractivity contribution < 1.29 is 4.79 Å². The van der Waals surface area contributed by atoms with Gasteiger partial charge in [0, 0.05) is 6.04 Å². The maximum atomic E-state index is 12.0. The van der Waals surface area contributed by atoms with E-state index in [-0.39, 0.29) is 5.91 Å². The summed E-state index contributed by atoms with van der Waals surface area (Å²) in [5.74, 6) is -0.154. The molecule has 1 fully saturated rings. The van der Waals surface area contributed by atoms with Gasteiger partial charge < -0.3 is 11.1 Å². The molecule has 112 valence electrons. The lowest BCUT2D eigenvalue weighted by Crippen LogP contribution is -2.57. The molecule has 3 heteroatoms. The molecule has 3 nitrogen and oxygen atoms in total. The second kappa shape index (κ2) is 8.57. The smallest absolute Gasteiger partial charge is 0.237 e. The van der Waals surface area contributed by atoms with E-state index in [0.29, 0.717) is 6.04 Å². The van der Waals surface area contributed by atoms with E-state index in [1.807, 2.05) is 0 Å². The zero-order valence-corrected chi connectivity index (χ0v) is 12.8. The molecule has 0 aliphatic heterocycles. The SMILES string of the molecule is CC(C)NC1(C(N)=O)CCCCCCCCCCC1. The second-order valence-electron chi connectivity index (χ2n) is 6.43. The molecule has 3 N–H and O–H groups in total. The third-order valence-electron chi connectivity index (χ3n) is 4.24. The molecule has 0 aromatic heterocycles. The van der Waals surface area contributed by atoms with Crippen LogP contribution in [-0.4, -0.2) is 17.5 Å². The summed E-state index contributed by atoms with van der Waals surface area (Å²) in [5, 5.41) is 3.47. The average molecular weight is 268 g/mol. The van der Waals surface area contributed by atoms with Crippen molar-refractivity contribution in [1.82, 2.24) is 5.32 Å². The number of amides is 1. The van der Waals surface area contributed by atoms with Crippen molar-refractivity contribution in [2.24, 2.45) is 5.73 Å². The van der Waals surface area contributed by atoms with Crippen molar-refractivity contribution in [1.29, 1.82) is 0 Å². The van der Waals surface area contributed by atoms with Crippen LogP contribution in [0, 0.1) is 0 Å². The first kappa shape index (κ1) is 16.5. The van der Waals surface area contributed by atoms with Crippen LogP contribution in [0.15, 0.2) is 0 Å². The fourth-order valence-corrected chi connectivity index (χ4v) is 3.23. The Morgan fingerprint density at radius 2 is 1.26 bits per heavy atom. The van der Waals surface area contributed by atoms with Gasteiger partial charge >= 0.3 is 0 Å². The van der Waals surface area contributed by atoms with Crippen LogP contribution in [0.25, 0.3) is 0 Å². The maximum Gasteiger partial charge on any atom is 0.237 e. The second-order valence-corrected chi connectivity index (χ2v) is 6.43. The van der Waals surface area contributed by atoms with E-state index < -0.39 is 5.54 Å². The Morgan fingerprint density at radius 1 is 0.895 bits per heavy atom. The molecule has 0 spiro atoms. The average Bonchev–Trinajstić information content (AvgIpc) is 2.32. The summed E-state index contributed by atoms with van der Waals surface area (Å²) in [6.07, 6.45) is 13.2. The van der Waals surface area contributed by atoms with Crippen LogP contribution in [0.4, 0.5) is 0 Å². The minimum atomic E-state index is -0.465. The van der Waals surface area contributed by atoms with Crippen molar-refractivity contribution >= 4 is 5.91 Å². The van der Waals surface area contributed by atoms with Gasteiger partial charge in [-0.25, -0.2) is 0 Å². The first-order valence-electron chi connectivity index (χ1n) is 8.14. The molecule has 0 aromatic rings. The Labute approximate surface area is 118 Å². The molecule has 1 saturated carbocycles. The van der Waals surface area contributed by atoms with E-state index in [1.165, 1.54) is 44.9 Å². The van der Waals surface area contributed by atoms with Gasteiger partial charge in [0.25, 0.3) is 0 Å². The van der Waals surface area contributed by atoms with E-state index in [0.717, 1.165) is 25.7 Å². The Kier molecular flexibility index (Phi) is 7.44. The normalized spacial score (nSPS) is 22.5. The fraction of sp³-hybridized carbons (Fsp3) is 0.938. The zero-order valence-electron chi connectivity index (χ0n) is 12.8. The summed E-state index contributed by atoms with van der Waals surface area (Å²) in [4.78, 5) is 12.0. The van der Waals surface area contributed by atoms with Crippen LogP contribution in [0.2, 0.25) is 0 Å². The number of carbonyl (C=O) groups is 1. The van der Waals surface area contributed by atoms with E-state index in [1.54, 1.807) is 0 Å². The van der Waals surface area contributed by atoms with E-state index in [9.17, 15) is 4.79 Å². The lowest BCUT2D eigenvalue weighted by Gasteiger charge is -2.34. The van der Waals surface area contributed by atoms with Gasteiger partial charge in [0.15, 0.2) is 0 Å². The van der Waals surface area contributed by atoms with Crippen LogP contribution < -0.4 is 11.1 Å². The monoisotopic (exact) mass is 268 g/mol. The highest BCUT2D eigenvalue weighted by Crippen LogP contribution is 2.25. The van der Waals surface area contributed by atoms with Gasteiger partial charge in [-0.1, -0.05) is 57.8 Å². The van der Waals surface area contributed by atoms with Crippen LogP contribution in [0.1, 0.15) is 84.5 Å². The molecule has 19 heavy (non-hydrogen) atoms. The topological polar surface area (TPSA) is 55.1 Å². The molecular weight excluding hydrogens is 236 g/mol. The summed E-state index contributed by atoms with van der Waals surface area (Å²) >= 11 is 0. The number of hydrogen-bond acceptors (Lipinski definition) is 2. The van der Waals surface area contributed by atoms with E-state index in [4.69, 9.17) is 5.73 Å². The largest absolute Gasteiger partial charge is 0.368 e. The Hall–Kier alpha value is -0.570. The molecule has 0 radical (unpaired) electrons. The van der Waals surface area contributed by atoms with Crippen molar-refractivity contribution in [3.05, 3.63) is 0 Å². The highest BCUT2D eigenvalue weighted by atomic mass is 16.1. The third-order valence-corrected chi connectivity index (χ3v) is 4.24. The van der Waals surface area contributed by atoms with Gasteiger partial charge in [0.05, 0.1) is 5.54 Å². The lowest BCUT2D eigenvalue weighted by molar-refractivity contribution is -0.125. The molecule has 0 saturated heterocycles. The first-order valence-corrected chi connectivity index (χ1v) is 8.14. The Morgan fingerprint density at radius 3 is 1.58 bits per heavy atom. The number of primary amides is 1. The summed E-state index contributed by atoms with van der Waals surface area (Å²) in [6.45, 7) is 4.20. The van der Waals surface area contributed by atoms with E-state index in [2.05, 4.69) is 19.2 Å². The summed E-state index contributed by atoms with van der Waals surface area (Å²) in [6, 6.07) is 0.306. The van der Waals surface area contributed by atoms with Gasteiger partial charge in [-0.05, 0) is 26.7 Å². The molecular formula is C16H32N2O. The van der Waals surface area contributed by atoms with E-state index >= 15 is 0 Å². The predicted octanol–water partition coefficient (Wildman–Crippen LogP) is 3.51. The molecule has 0 atom stereocenters. The standard InChI is InChI=1S/C16H32N2O/c1-14(2)18-16(15(17)19)12-10-8-6-4-3-5-7-9-11-13-16/h14,18H,3-13H2,1-2H3,(H2,17,19). The minimum Gasteiger partial charge on any atom is -0.368 e. The molecule has 1 aliphatic carbocycles. The molecule has 0 unspecified atom stereocenters. The van der Waals surface area contributed by atoms with Crippen LogP contribution in [0.3, 0.4) is 0 Å². The maximum absolute atomic E-state index is 12.0. The number of hydrogen-bond donors (Lipinski definition) is 2. The first-order chi connectivity index (χ1) is 9.07. The quantitative estimate of drug-likeness (QED) is 0.823. The van der Waals surface area contributed by atoms with Crippen molar-refractivity contribution in [3.8, 4) is 0 Å². The third kappa shape index (κ3) is 5.94. The minimum absolute atomic E-state index is 0.154. The highest BCUT2D eigenvalue weighted by Gasteiger charge is 2.35. The van der Waals surface area contributed by atoms with Gasteiger partial charge in [0.2, 0.25) is 5.91 Å². The van der Waals surface area contributed by atoms with Crippen molar-refractivity contribution in [2.45, 2.75) is 96.1 Å². The van der Waals surface area contributed by atoms with Gasteiger partial charge in [-0.15, -0.1) is 0 Å². The summed E-state index contributed by atoms with van der Waals surface area (Å²) < 4.78 is 0. The van der Waals surface area contributed by atoms with Gasteiger partial charge in [0.1, 0.15) is 0 Å².